The van der Waals surface area contributed by atoms with Crippen molar-refractivity contribution in [1.29, 1.82) is 0 Å². The maximum Gasteiger partial charge on any atom is 0.0628 e. The van der Waals surface area contributed by atoms with E-state index in [9.17, 15) is 0 Å². The molecule has 98 valence electrons. The molecule has 1 aliphatic carbocycles. The maximum atomic E-state index is 5.60. The molecular formula is C15H22N2O. The summed E-state index contributed by atoms with van der Waals surface area (Å²) in [6.07, 6.45) is 9.57. The van der Waals surface area contributed by atoms with E-state index in [1.165, 1.54) is 44.3 Å². The van der Waals surface area contributed by atoms with E-state index in [1.807, 2.05) is 25.6 Å². The first-order valence-corrected chi connectivity index (χ1v) is 6.96. The van der Waals surface area contributed by atoms with Crippen LogP contribution < -0.4 is 0 Å². The Bertz CT molecular complexity index is 383. The Morgan fingerprint density at radius 3 is 2.78 bits per heavy atom. The van der Waals surface area contributed by atoms with Gasteiger partial charge in [-0.15, -0.1) is 0 Å². The van der Waals surface area contributed by atoms with Gasteiger partial charge in [-0.1, -0.05) is 6.07 Å². The van der Waals surface area contributed by atoms with Crippen LogP contribution in [0.3, 0.4) is 0 Å². The highest BCUT2D eigenvalue weighted by atomic mass is 16.5. The van der Waals surface area contributed by atoms with E-state index in [4.69, 9.17) is 4.74 Å². The van der Waals surface area contributed by atoms with Crippen molar-refractivity contribution in [3.8, 4) is 0 Å². The molecule has 0 unspecified atom stereocenters. The largest absolute Gasteiger partial charge is 0.381 e. The minimum Gasteiger partial charge on any atom is -0.381 e. The van der Waals surface area contributed by atoms with Crippen LogP contribution in [-0.2, 0) is 11.3 Å². The number of aromatic nitrogens is 1. The van der Waals surface area contributed by atoms with Crippen molar-refractivity contribution < 1.29 is 4.74 Å². The second-order valence-electron chi connectivity index (χ2n) is 5.76. The fraction of sp³-hybridized carbons (Fsp3) is 0.667. The Morgan fingerprint density at radius 2 is 2.22 bits per heavy atom. The Hall–Kier alpha value is -0.930. The summed E-state index contributed by atoms with van der Waals surface area (Å²) in [5.74, 6) is 0. The molecule has 2 heterocycles. The molecular weight excluding hydrogens is 224 g/mol. The molecule has 1 aliphatic heterocycles. The first kappa shape index (κ1) is 12.1. The van der Waals surface area contributed by atoms with Gasteiger partial charge < -0.3 is 4.74 Å². The molecule has 0 radical (unpaired) electrons. The molecule has 0 aromatic carbocycles. The molecule has 0 bridgehead atoms. The lowest BCUT2D eigenvalue weighted by atomic mass is 9.61. The van der Waals surface area contributed by atoms with Gasteiger partial charge in [0.05, 0.1) is 6.10 Å². The fourth-order valence-corrected chi connectivity index (χ4v) is 3.52. The number of methoxy groups -OCH3 is 1. The molecule has 2 fully saturated rings. The highest BCUT2D eigenvalue weighted by Crippen LogP contribution is 2.50. The van der Waals surface area contributed by atoms with Crippen LogP contribution in [0, 0.1) is 5.41 Å². The number of hydrogen-bond acceptors (Lipinski definition) is 3. The van der Waals surface area contributed by atoms with Gasteiger partial charge in [0, 0.05) is 26.0 Å². The Labute approximate surface area is 109 Å². The van der Waals surface area contributed by atoms with Crippen molar-refractivity contribution in [1.82, 2.24) is 9.88 Å². The molecule has 2 aliphatic rings. The Morgan fingerprint density at radius 1 is 1.39 bits per heavy atom. The second kappa shape index (κ2) is 4.98. The third kappa shape index (κ3) is 2.17. The van der Waals surface area contributed by atoms with E-state index in [-0.39, 0.29) is 0 Å². The van der Waals surface area contributed by atoms with Gasteiger partial charge in [0.25, 0.3) is 0 Å². The number of nitrogens with zero attached hydrogens (tertiary/aromatic N) is 2. The number of rotatable bonds is 3. The fourth-order valence-electron chi connectivity index (χ4n) is 3.52. The number of pyridine rings is 1. The van der Waals surface area contributed by atoms with E-state index in [2.05, 4.69) is 16.0 Å². The molecule has 1 saturated heterocycles. The first-order valence-electron chi connectivity index (χ1n) is 6.96. The van der Waals surface area contributed by atoms with Crippen LogP contribution in [0.1, 0.15) is 31.2 Å². The number of piperidine rings is 1. The van der Waals surface area contributed by atoms with Gasteiger partial charge in [-0.25, -0.2) is 0 Å². The summed E-state index contributed by atoms with van der Waals surface area (Å²) in [6.45, 7) is 3.45. The molecule has 3 rings (SSSR count). The molecule has 1 aromatic heterocycles. The number of hydrogen-bond donors (Lipinski definition) is 0. The minimum atomic E-state index is 0.514. The molecule has 1 atom stereocenters. The molecule has 1 spiro atoms. The van der Waals surface area contributed by atoms with Crippen molar-refractivity contribution in [3.63, 3.8) is 0 Å². The molecule has 1 saturated carbocycles. The van der Waals surface area contributed by atoms with Crippen LogP contribution >= 0.6 is 0 Å². The molecule has 0 N–H and O–H groups in total. The van der Waals surface area contributed by atoms with Crippen LogP contribution in [0.4, 0.5) is 0 Å². The maximum absolute atomic E-state index is 5.60. The van der Waals surface area contributed by atoms with E-state index < -0.39 is 0 Å². The lowest BCUT2D eigenvalue weighted by molar-refractivity contribution is -0.120. The average Bonchev–Trinajstić information content (AvgIpc) is 2.40. The smallest absolute Gasteiger partial charge is 0.0628 e. The van der Waals surface area contributed by atoms with Crippen LogP contribution in [0.5, 0.6) is 0 Å². The predicted octanol–water partition coefficient (Wildman–Crippen LogP) is 2.47. The van der Waals surface area contributed by atoms with E-state index in [0.29, 0.717) is 11.5 Å². The summed E-state index contributed by atoms with van der Waals surface area (Å²) in [5.41, 5.74) is 1.84. The number of ether oxygens (including phenoxy) is 1. The van der Waals surface area contributed by atoms with Crippen LogP contribution in [-0.4, -0.2) is 36.2 Å². The average molecular weight is 246 g/mol. The summed E-state index contributed by atoms with van der Waals surface area (Å²) < 4.78 is 5.60. The van der Waals surface area contributed by atoms with Gasteiger partial charge in [-0.05, 0) is 55.8 Å². The lowest BCUT2D eigenvalue weighted by Crippen LogP contribution is -2.52. The van der Waals surface area contributed by atoms with E-state index in [1.54, 1.807) is 0 Å². The van der Waals surface area contributed by atoms with Gasteiger partial charge in [-0.3, -0.25) is 9.88 Å². The van der Waals surface area contributed by atoms with Gasteiger partial charge in [0.15, 0.2) is 0 Å². The third-order valence-electron chi connectivity index (χ3n) is 4.85. The molecule has 3 heteroatoms. The summed E-state index contributed by atoms with van der Waals surface area (Å²) >= 11 is 0. The second-order valence-corrected chi connectivity index (χ2v) is 5.76. The zero-order valence-electron chi connectivity index (χ0n) is 11.1. The Balaban J connectivity index is 1.54. The number of likely N-dealkylation sites (tertiary alicyclic amines) is 1. The monoisotopic (exact) mass is 246 g/mol. The first-order chi connectivity index (χ1) is 8.82. The molecule has 1 aromatic rings. The SMILES string of the molecule is CO[C@H]1CCC12CCN(Cc1cccnc1)CC2. The molecule has 18 heavy (non-hydrogen) atoms. The molecule has 0 amide bonds. The summed E-state index contributed by atoms with van der Waals surface area (Å²) in [7, 11) is 1.87. The van der Waals surface area contributed by atoms with Gasteiger partial charge in [0.1, 0.15) is 0 Å². The van der Waals surface area contributed by atoms with Crippen molar-refractivity contribution >= 4 is 0 Å². The van der Waals surface area contributed by atoms with Crippen LogP contribution in [0.15, 0.2) is 24.5 Å². The summed E-state index contributed by atoms with van der Waals surface area (Å²) in [6, 6.07) is 4.19. The van der Waals surface area contributed by atoms with Crippen LogP contribution in [0.2, 0.25) is 0 Å². The summed E-state index contributed by atoms with van der Waals surface area (Å²) in [4.78, 5) is 6.73. The highest BCUT2D eigenvalue weighted by molar-refractivity contribution is 5.09. The Kier molecular flexibility index (Phi) is 3.35. The van der Waals surface area contributed by atoms with Gasteiger partial charge >= 0.3 is 0 Å². The van der Waals surface area contributed by atoms with Crippen molar-refractivity contribution in [3.05, 3.63) is 30.1 Å². The van der Waals surface area contributed by atoms with Crippen molar-refractivity contribution in [2.75, 3.05) is 20.2 Å². The zero-order valence-corrected chi connectivity index (χ0v) is 11.1. The lowest BCUT2D eigenvalue weighted by Gasteiger charge is -2.53. The normalized spacial score (nSPS) is 27.1. The minimum absolute atomic E-state index is 0.514. The highest BCUT2D eigenvalue weighted by Gasteiger charge is 2.48. The predicted molar refractivity (Wildman–Crippen MR) is 71.2 cm³/mol. The zero-order chi connectivity index (χ0) is 12.4. The van der Waals surface area contributed by atoms with Crippen molar-refractivity contribution in [2.45, 2.75) is 38.3 Å². The van der Waals surface area contributed by atoms with Crippen LogP contribution in [0.25, 0.3) is 0 Å². The standard InChI is InChI=1S/C15H22N2O/c1-18-14-4-5-15(14)6-9-17(10-7-15)12-13-3-2-8-16-11-13/h2-3,8,11,14H,4-7,9-10,12H2,1H3/t14-/m0/s1. The van der Waals surface area contributed by atoms with Crippen molar-refractivity contribution in [2.24, 2.45) is 5.41 Å². The van der Waals surface area contributed by atoms with Gasteiger partial charge in [-0.2, -0.15) is 0 Å². The quantitative estimate of drug-likeness (QED) is 0.819. The summed E-state index contributed by atoms with van der Waals surface area (Å²) in [5, 5.41) is 0. The topological polar surface area (TPSA) is 25.4 Å². The third-order valence-corrected chi connectivity index (χ3v) is 4.85. The molecule has 3 nitrogen and oxygen atoms in total. The van der Waals surface area contributed by atoms with E-state index in [0.717, 1.165) is 6.54 Å². The van der Waals surface area contributed by atoms with E-state index >= 15 is 0 Å². The van der Waals surface area contributed by atoms with Gasteiger partial charge in [0.2, 0.25) is 0 Å².